The molecule has 1 aliphatic rings. The fourth-order valence-corrected chi connectivity index (χ4v) is 3.30. The summed E-state index contributed by atoms with van der Waals surface area (Å²) in [6, 6.07) is 3.68. The monoisotopic (exact) mass is 345 g/mol. The maximum Gasteiger partial charge on any atom is 0.305 e. The van der Waals surface area contributed by atoms with Crippen LogP contribution in [0.1, 0.15) is 32.1 Å². The van der Waals surface area contributed by atoms with E-state index in [4.69, 9.17) is 4.74 Å². The Morgan fingerprint density at radius 1 is 1.35 bits per heavy atom. The van der Waals surface area contributed by atoms with E-state index in [1.807, 2.05) is 0 Å². The summed E-state index contributed by atoms with van der Waals surface area (Å²) in [5.41, 5.74) is -0.429. The second-order valence-electron chi connectivity index (χ2n) is 5.35. The zero-order valence-electron chi connectivity index (χ0n) is 11.1. The van der Waals surface area contributed by atoms with E-state index in [9.17, 15) is 14.5 Å². The average Bonchev–Trinajstić information content (AvgIpc) is 2.46. The van der Waals surface area contributed by atoms with Crippen LogP contribution < -0.4 is 4.74 Å². The Kier molecular flexibility index (Phi) is 4.96. The second-order valence-corrected chi connectivity index (χ2v) is 5.91. The molecule has 1 aromatic carbocycles. The van der Waals surface area contributed by atoms with Crippen LogP contribution in [0.5, 0.6) is 5.75 Å². The van der Waals surface area contributed by atoms with E-state index in [2.05, 4.69) is 15.9 Å². The third kappa shape index (κ3) is 3.48. The van der Waals surface area contributed by atoms with Gasteiger partial charge in [-0.25, -0.2) is 0 Å². The van der Waals surface area contributed by atoms with E-state index in [0.717, 1.165) is 30.3 Å². The molecular formula is C14H17BrFNO3. The first-order chi connectivity index (χ1) is 9.56. The quantitative estimate of drug-likeness (QED) is 0.449. The van der Waals surface area contributed by atoms with Crippen molar-refractivity contribution in [1.29, 1.82) is 0 Å². The number of hydrogen-bond acceptors (Lipinski definition) is 3. The van der Waals surface area contributed by atoms with Crippen molar-refractivity contribution in [2.45, 2.75) is 32.1 Å². The summed E-state index contributed by atoms with van der Waals surface area (Å²) in [6.07, 6.45) is 5.80. The van der Waals surface area contributed by atoms with Gasteiger partial charge in [0.1, 0.15) is 5.75 Å². The molecule has 1 saturated carbocycles. The molecule has 0 N–H and O–H groups in total. The van der Waals surface area contributed by atoms with Crippen LogP contribution in [0, 0.1) is 21.3 Å². The molecule has 0 spiro atoms. The van der Waals surface area contributed by atoms with Crippen LogP contribution in [0.25, 0.3) is 0 Å². The lowest BCUT2D eigenvalue weighted by atomic mass is 9.76. The molecule has 6 heteroatoms. The summed E-state index contributed by atoms with van der Waals surface area (Å²) in [5, 5.41) is 11.4. The van der Waals surface area contributed by atoms with E-state index in [0.29, 0.717) is 12.4 Å². The Hall–Kier alpha value is -1.17. The summed E-state index contributed by atoms with van der Waals surface area (Å²) in [7, 11) is 0. The number of nitro groups is 1. The van der Waals surface area contributed by atoms with Crippen LogP contribution in [0.2, 0.25) is 0 Å². The van der Waals surface area contributed by atoms with Gasteiger partial charge in [0.2, 0.25) is 5.82 Å². The molecule has 0 radical (unpaired) electrons. The predicted molar refractivity (Wildman–Crippen MR) is 77.9 cm³/mol. The van der Waals surface area contributed by atoms with Crippen LogP contribution in [0.3, 0.4) is 0 Å². The summed E-state index contributed by atoms with van der Waals surface area (Å²) in [6.45, 7) is 0.509. The molecular weight excluding hydrogens is 329 g/mol. The van der Waals surface area contributed by atoms with Gasteiger partial charge in [-0.05, 0) is 18.9 Å². The number of hydrogen-bond donors (Lipinski definition) is 0. The fraction of sp³-hybridized carbons (Fsp3) is 0.571. The van der Waals surface area contributed by atoms with Crippen molar-refractivity contribution in [3.63, 3.8) is 0 Å². The highest BCUT2D eigenvalue weighted by Gasteiger charge is 2.32. The fourth-order valence-electron chi connectivity index (χ4n) is 2.58. The molecule has 0 aliphatic heterocycles. The van der Waals surface area contributed by atoms with Crippen LogP contribution in [0.4, 0.5) is 10.1 Å². The van der Waals surface area contributed by atoms with E-state index in [1.54, 1.807) is 0 Å². The van der Waals surface area contributed by atoms with Gasteiger partial charge in [0.05, 0.1) is 11.5 Å². The lowest BCUT2D eigenvalue weighted by Crippen LogP contribution is -2.32. The SMILES string of the molecule is O=[N+]([O-])c1ccc(OCC2(CBr)CCCCC2)cc1F. The lowest BCUT2D eigenvalue weighted by Gasteiger charge is -2.35. The van der Waals surface area contributed by atoms with Crippen molar-refractivity contribution >= 4 is 21.6 Å². The number of benzene rings is 1. The molecule has 1 aliphatic carbocycles. The first-order valence-corrected chi connectivity index (χ1v) is 7.81. The average molecular weight is 346 g/mol. The van der Waals surface area contributed by atoms with Crippen molar-refractivity contribution in [2.75, 3.05) is 11.9 Å². The number of nitro benzene ring substituents is 1. The van der Waals surface area contributed by atoms with Crippen molar-refractivity contribution in [3.8, 4) is 5.75 Å². The molecule has 1 fully saturated rings. The number of alkyl halides is 1. The Labute approximate surface area is 125 Å². The molecule has 1 aromatic rings. The van der Waals surface area contributed by atoms with Crippen molar-refractivity contribution in [3.05, 3.63) is 34.1 Å². The highest BCUT2D eigenvalue weighted by molar-refractivity contribution is 9.09. The van der Waals surface area contributed by atoms with Crippen LogP contribution in [0.15, 0.2) is 18.2 Å². The van der Waals surface area contributed by atoms with Gasteiger partial charge in [0.25, 0.3) is 0 Å². The molecule has 4 nitrogen and oxygen atoms in total. The third-order valence-corrected chi connectivity index (χ3v) is 5.05. The zero-order valence-corrected chi connectivity index (χ0v) is 12.7. The summed E-state index contributed by atoms with van der Waals surface area (Å²) in [5.74, 6) is -0.511. The Bertz CT molecular complexity index is 489. The third-order valence-electron chi connectivity index (χ3n) is 3.86. The molecule has 2 rings (SSSR count). The van der Waals surface area contributed by atoms with Gasteiger partial charge in [0.15, 0.2) is 0 Å². The highest BCUT2D eigenvalue weighted by atomic mass is 79.9. The predicted octanol–water partition coefficient (Wildman–Crippen LogP) is 4.46. The number of rotatable bonds is 5. The molecule has 110 valence electrons. The topological polar surface area (TPSA) is 52.4 Å². The molecule has 0 aromatic heterocycles. The van der Waals surface area contributed by atoms with Crippen LogP contribution in [-0.2, 0) is 0 Å². The Morgan fingerprint density at radius 2 is 2.05 bits per heavy atom. The standard InChI is InChI=1S/C14H17BrFNO3/c15-9-14(6-2-1-3-7-14)10-20-11-4-5-13(17(18)19)12(16)8-11/h4-5,8H,1-3,6-7,9-10H2. The smallest absolute Gasteiger partial charge is 0.305 e. The Morgan fingerprint density at radius 3 is 2.60 bits per heavy atom. The van der Waals surface area contributed by atoms with Crippen LogP contribution in [-0.4, -0.2) is 16.9 Å². The molecule has 0 atom stereocenters. The van der Waals surface area contributed by atoms with Crippen molar-refractivity contribution in [2.24, 2.45) is 5.41 Å². The van der Waals surface area contributed by atoms with Gasteiger partial charge < -0.3 is 4.74 Å². The Balaban J connectivity index is 2.03. The molecule has 0 bridgehead atoms. The van der Waals surface area contributed by atoms with E-state index in [-0.39, 0.29) is 5.41 Å². The molecule has 0 heterocycles. The van der Waals surface area contributed by atoms with Gasteiger partial charge in [-0.1, -0.05) is 35.2 Å². The zero-order chi connectivity index (χ0) is 14.6. The van der Waals surface area contributed by atoms with Gasteiger partial charge in [-0.3, -0.25) is 10.1 Å². The van der Waals surface area contributed by atoms with Crippen molar-refractivity contribution in [1.82, 2.24) is 0 Å². The first kappa shape index (κ1) is 15.2. The van der Waals surface area contributed by atoms with Gasteiger partial charge in [0, 0.05) is 22.9 Å². The van der Waals surface area contributed by atoms with E-state index >= 15 is 0 Å². The number of nitrogens with zero attached hydrogens (tertiary/aromatic N) is 1. The van der Waals surface area contributed by atoms with Crippen molar-refractivity contribution < 1.29 is 14.1 Å². The van der Waals surface area contributed by atoms with Gasteiger partial charge in [-0.15, -0.1) is 0 Å². The second kappa shape index (κ2) is 6.52. The largest absolute Gasteiger partial charge is 0.493 e. The first-order valence-electron chi connectivity index (χ1n) is 6.69. The summed E-state index contributed by atoms with van der Waals surface area (Å²) < 4.78 is 19.2. The molecule has 0 amide bonds. The summed E-state index contributed by atoms with van der Waals surface area (Å²) in [4.78, 5) is 9.82. The minimum atomic E-state index is -0.857. The van der Waals surface area contributed by atoms with E-state index in [1.165, 1.54) is 25.3 Å². The molecule has 0 unspecified atom stereocenters. The lowest BCUT2D eigenvalue weighted by molar-refractivity contribution is -0.387. The normalized spacial score (nSPS) is 17.7. The van der Waals surface area contributed by atoms with Gasteiger partial charge >= 0.3 is 5.69 Å². The minimum absolute atomic E-state index is 0.0938. The summed E-state index contributed by atoms with van der Waals surface area (Å²) >= 11 is 3.54. The van der Waals surface area contributed by atoms with E-state index < -0.39 is 16.4 Å². The maximum absolute atomic E-state index is 13.5. The maximum atomic E-state index is 13.5. The molecule has 0 saturated heterocycles. The van der Waals surface area contributed by atoms with Crippen LogP contribution >= 0.6 is 15.9 Å². The number of halogens is 2. The number of ether oxygens (including phenoxy) is 1. The highest BCUT2D eigenvalue weighted by Crippen LogP contribution is 2.38. The molecule has 20 heavy (non-hydrogen) atoms. The minimum Gasteiger partial charge on any atom is -0.493 e. The van der Waals surface area contributed by atoms with Gasteiger partial charge in [-0.2, -0.15) is 4.39 Å².